The minimum absolute atomic E-state index is 0.205. The maximum absolute atomic E-state index is 11.9. The van der Waals surface area contributed by atoms with Gasteiger partial charge in [0.25, 0.3) is 0 Å². The lowest BCUT2D eigenvalue weighted by atomic mass is 10.2. The first-order valence-electron chi connectivity index (χ1n) is 6.52. The number of nitrogens with one attached hydrogen (secondary N) is 2. The Hall–Kier alpha value is -1.63. The van der Waals surface area contributed by atoms with Crippen molar-refractivity contribution in [2.75, 3.05) is 39.8 Å². The first-order chi connectivity index (χ1) is 8.97. The molecule has 0 aromatic rings. The van der Waals surface area contributed by atoms with E-state index >= 15 is 0 Å². The summed E-state index contributed by atoms with van der Waals surface area (Å²) in [6, 6.07) is -0.690. The zero-order valence-corrected chi connectivity index (χ0v) is 11.7. The molecular formula is C12H22N4O3. The fraction of sp³-hybridized carbons (Fsp3) is 0.750. The molecule has 7 nitrogen and oxygen atoms in total. The van der Waals surface area contributed by atoms with E-state index in [1.54, 1.807) is 14.0 Å². The Morgan fingerprint density at radius 1 is 1.32 bits per heavy atom. The predicted octanol–water partition coefficient (Wildman–Crippen LogP) is -1.60. The van der Waals surface area contributed by atoms with E-state index in [4.69, 9.17) is 0 Å². The number of amides is 3. The smallest absolute Gasteiger partial charge is 0.311 e. The normalized spacial score (nSPS) is 16.7. The summed E-state index contributed by atoms with van der Waals surface area (Å²) in [6.07, 6.45) is 0. The number of piperazine rings is 1. The van der Waals surface area contributed by atoms with Gasteiger partial charge in [0, 0.05) is 39.8 Å². The van der Waals surface area contributed by atoms with Crippen LogP contribution in [0.15, 0.2) is 0 Å². The van der Waals surface area contributed by atoms with E-state index in [9.17, 15) is 14.4 Å². The third-order valence-electron chi connectivity index (χ3n) is 3.17. The molecule has 0 spiro atoms. The van der Waals surface area contributed by atoms with E-state index in [0.29, 0.717) is 32.7 Å². The summed E-state index contributed by atoms with van der Waals surface area (Å²) in [7, 11) is 1.66. The molecule has 108 valence electrons. The summed E-state index contributed by atoms with van der Waals surface area (Å²) in [4.78, 5) is 38.4. The highest BCUT2D eigenvalue weighted by Gasteiger charge is 2.26. The Labute approximate surface area is 113 Å². The third-order valence-corrected chi connectivity index (χ3v) is 3.17. The van der Waals surface area contributed by atoms with E-state index < -0.39 is 17.9 Å². The first-order valence-corrected chi connectivity index (χ1v) is 6.52. The van der Waals surface area contributed by atoms with Crippen molar-refractivity contribution in [2.24, 2.45) is 0 Å². The van der Waals surface area contributed by atoms with E-state index in [1.807, 2.05) is 6.92 Å². The predicted molar refractivity (Wildman–Crippen MR) is 70.4 cm³/mol. The SMILES string of the molecule is CCN(C)C(=O)C(C)NC(=O)C(=O)N1CCNCC1. The average molecular weight is 270 g/mol. The number of hydrogen-bond donors (Lipinski definition) is 2. The molecule has 0 aromatic heterocycles. The second-order valence-corrected chi connectivity index (χ2v) is 4.59. The lowest BCUT2D eigenvalue weighted by Crippen LogP contribution is -2.54. The van der Waals surface area contributed by atoms with Gasteiger partial charge in [-0.3, -0.25) is 14.4 Å². The van der Waals surface area contributed by atoms with Gasteiger partial charge in [0.15, 0.2) is 0 Å². The van der Waals surface area contributed by atoms with Crippen molar-refractivity contribution >= 4 is 17.7 Å². The van der Waals surface area contributed by atoms with Crippen LogP contribution in [0.2, 0.25) is 0 Å². The Balaban J connectivity index is 2.49. The van der Waals surface area contributed by atoms with Crippen LogP contribution in [-0.4, -0.2) is 73.3 Å². The molecule has 7 heteroatoms. The molecular weight excluding hydrogens is 248 g/mol. The Morgan fingerprint density at radius 3 is 2.42 bits per heavy atom. The molecule has 3 amide bonds. The highest BCUT2D eigenvalue weighted by atomic mass is 16.2. The number of carbonyl (C=O) groups excluding carboxylic acids is 3. The molecule has 1 aliphatic rings. The van der Waals surface area contributed by atoms with Crippen molar-refractivity contribution in [3.63, 3.8) is 0 Å². The molecule has 0 aromatic carbocycles. The lowest BCUT2D eigenvalue weighted by Gasteiger charge is -2.27. The minimum Gasteiger partial charge on any atom is -0.344 e. The van der Waals surface area contributed by atoms with Gasteiger partial charge in [-0.05, 0) is 13.8 Å². The van der Waals surface area contributed by atoms with Gasteiger partial charge in [0.1, 0.15) is 6.04 Å². The first kappa shape index (κ1) is 15.4. The number of likely N-dealkylation sites (N-methyl/N-ethyl adjacent to an activating group) is 1. The van der Waals surface area contributed by atoms with Crippen LogP contribution in [0.25, 0.3) is 0 Å². The Bertz CT molecular complexity index is 353. The van der Waals surface area contributed by atoms with E-state index in [2.05, 4.69) is 10.6 Å². The van der Waals surface area contributed by atoms with Gasteiger partial charge in [0.2, 0.25) is 5.91 Å². The maximum atomic E-state index is 11.9. The minimum atomic E-state index is -0.716. The summed E-state index contributed by atoms with van der Waals surface area (Å²) in [5.74, 6) is -1.49. The maximum Gasteiger partial charge on any atom is 0.311 e. The Kier molecular flexibility index (Phi) is 5.75. The number of nitrogens with zero attached hydrogens (tertiary/aromatic N) is 2. The molecule has 1 saturated heterocycles. The van der Waals surface area contributed by atoms with Crippen molar-refractivity contribution in [3.05, 3.63) is 0 Å². The van der Waals surface area contributed by atoms with Crippen LogP contribution in [0.4, 0.5) is 0 Å². The summed E-state index contributed by atoms with van der Waals surface area (Å²) in [6.45, 7) is 6.39. The van der Waals surface area contributed by atoms with E-state index in [-0.39, 0.29) is 5.91 Å². The van der Waals surface area contributed by atoms with Gasteiger partial charge >= 0.3 is 11.8 Å². The number of carbonyl (C=O) groups is 3. The summed E-state index contributed by atoms with van der Waals surface area (Å²) in [5, 5.41) is 5.55. The molecule has 1 rings (SSSR count). The van der Waals surface area contributed by atoms with Gasteiger partial charge < -0.3 is 20.4 Å². The van der Waals surface area contributed by atoms with Crippen LogP contribution in [0.5, 0.6) is 0 Å². The molecule has 0 radical (unpaired) electrons. The van der Waals surface area contributed by atoms with Crippen LogP contribution in [0.3, 0.4) is 0 Å². The second kappa shape index (κ2) is 7.08. The van der Waals surface area contributed by atoms with Crippen molar-refractivity contribution in [1.82, 2.24) is 20.4 Å². The van der Waals surface area contributed by atoms with Crippen molar-refractivity contribution in [3.8, 4) is 0 Å². The largest absolute Gasteiger partial charge is 0.344 e. The van der Waals surface area contributed by atoms with E-state index in [1.165, 1.54) is 9.80 Å². The topological polar surface area (TPSA) is 81.8 Å². The van der Waals surface area contributed by atoms with E-state index in [0.717, 1.165) is 0 Å². The van der Waals surface area contributed by atoms with Gasteiger partial charge in [-0.2, -0.15) is 0 Å². The number of rotatable bonds is 3. The fourth-order valence-electron chi connectivity index (χ4n) is 1.82. The van der Waals surface area contributed by atoms with Gasteiger partial charge in [-0.25, -0.2) is 0 Å². The molecule has 0 bridgehead atoms. The molecule has 1 fully saturated rings. The lowest BCUT2D eigenvalue weighted by molar-refractivity contribution is -0.147. The average Bonchev–Trinajstić information content (AvgIpc) is 2.45. The van der Waals surface area contributed by atoms with Crippen LogP contribution in [0.1, 0.15) is 13.8 Å². The third kappa shape index (κ3) is 4.20. The molecule has 19 heavy (non-hydrogen) atoms. The van der Waals surface area contributed by atoms with Crippen LogP contribution in [-0.2, 0) is 14.4 Å². The van der Waals surface area contributed by atoms with Crippen LogP contribution >= 0.6 is 0 Å². The molecule has 1 atom stereocenters. The van der Waals surface area contributed by atoms with Crippen molar-refractivity contribution in [2.45, 2.75) is 19.9 Å². The van der Waals surface area contributed by atoms with Gasteiger partial charge in [0.05, 0.1) is 0 Å². The molecule has 1 unspecified atom stereocenters. The Morgan fingerprint density at radius 2 is 1.89 bits per heavy atom. The highest BCUT2D eigenvalue weighted by molar-refractivity contribution is 6.35. The highest BCUT2D eigenvalue weighted by Crippen LogP contribution is 1.96. The summed E-state index contributed by atoms with van der Waals surface area (Å²) in [5.41, 5.74) is 0. The quantitative estimate of drug-likeness (QED) is 0.605. The molecule has 1 heterocycles. The fourth-order valence-corrected chi connectivity index (χ4v) is 1.82. The molecule has 0 saturated carbocycles. The monoisotopic (exact) mass is 270 g/mol. The van der Waals surface area contributed by atoms with Gasteiger partial charge in [-0.1, -0.05) is 0 Å². The standard InChI is InChI=1S/C12H22N4O3/c1-4-15(3)11(18)9(2)14-10(17)12(19)16-7-5-13-6-8-16/h9,13H,4-8H2,1-3H3,(H,14,17). The van der Waals surface area contributed by atoms with Crippen LogP contribution < -0.4 is 10.6 Å². The second-order valence-electron chi connectivity index (χ2n) is 4.59. The molecule has 0 aliphatic carbocycles. The van der Waals surface area contributed by atoms with Gasteiger partial charge in [-0.15, -0.1) is 0 Å². The van der Waals surface area contributed by atoms with Crippen LogP contribution in [0, 0.1) is 0 Å². The van der Waals surface area contributed by atoms with Crippen molar-refractivity contribution < 1.29 is 14.4 Å². The zero-order valence-electron chi connectivity index (χ0n) is 11.7. The zero-order chi connectivity index (χ0) is 14.4. The summed E-state index contributed by atoms with van der Waals surface area (Å²) < 4.78 is 0. The van der Waals surface area contributed by atoms with Crippen molar-refractivity contribution in [1.29, 1.82) is 0 Å². The molecule has 2 N–H and O–H groups in total. The summed E-state index contributed by atoms with van der Waals surface area (Å²) >= 11 is 0. The molecule has 1 aliphatic heterocycles. The number of hydrogen-bond acceptors (Lipinski definition) is 4.